The third-order valence-electron chi connectivity index (χ3n) is 3.17. The standard InChI is InChI=1S/C14H17NO5/c1-18-11-4-3-9(12(6-11)19-2)8-20-14(17)10-5-13(16)15-7-10/h3-4,6,10H,5,7-8H2,1-2H3,(H,15,16). The number of hydrogen-bond acceptors (Lipinski definition) is 5. The second-order valence-corrected chi connectivity index (χ2v) is 4.49. The molecule has 1 aromatic carbocycles. The summed E-state index contributed by atoms with van der Waals surface area (Å²) in [4.78, 5) is 22.9. The van der Waals surface area contributed by atoms with E-state index in [1.807, 2.05) is 0 Å². The van der Waals surface area contributed by atoms with E-state index in [4.69, 9.17) is 14.2 Å². The van der Waals surface area contributed by atoms with Crippen LogP contribution in [0.4, 0.5) is 0 Å². The van der Waals surface area contributed by atoms with E-state index in [9.17, 15) is 9.59 Å². The third-order valence-corrected chi connectivity index (χ3v) is 3.17. The summed E-state index contributed by atoms with van der Waals surface area (Å²) in [5, 5.41) is 2.61. The van der Waals surface area contributed by atoms with Gasteiger partial charge in [-0.15, -0.1) is 0 Å². The van der Waals surface area contributed by atoms with Crippen LogP contribution in [0.3, 0.4) is 0 Å². The van der Waals surface area contributed by atoms with Crippen molar-refractivity contribution in [1.29, 1.82) is 0 Å². The van der Waals surface area contributed by atoms with Gasteiger partial charge in [0.05, 0.1) is 20.1 Å². The number of hydrogen-bond donors (Lipinski definition) is 1. The normalized spacial score (nSPS) is 17.5. The van der Waals surface area contributed by atoms with Crippen molar-refractivity contribution < 1.29 is 23.8 Å². The fourth-order valence-electron chi connectivity index (χ4n) is 2.01. The van der Waals surface area contributed by atoms with Gasteiger partial charge in [0.1, 0.15) is 18.1 Å². The Balaban J connectivity index is 1.96. The second kappa shape index (κ2) is 6.27. The summed E-state index contributed by atoms with van der Waals surface area (Å²) in [7, 11) is 3.11. The molecule has 0 aromatic heterocycles. The number of carbonyl (C=O) groups excluding carboxylic acids is 2. The molecule has 0 spiro atoms. The van der Waals surface area contributed by atoms with Crippen LogP contribution in [-0.4, -0.2) is 32.6 Å². The first-order chi connectivity index (χ1) is 9.63. The quantitative estimate of drug-likeness (QED) is 0.810. The fourth-order valence-corrected chi connectivity index (χ4v) is 2.01. The lowest BCUT2D eigenvalue weighted by Gasteiger charge is -2.12. The van der Waals surface area contributed by atoms with Crippen LogP contribution in [-0.2, 0) is 20.9 Å². The summed E-state index contributed by atoms with van der Waals surface area (Å²) in [5.74, 6) is 0.377. The molecule has 0 aliphatic carbocycles. The van der Waals surface area contributed by atoms with E-state index < -0.39 is 5.92 Å². The van der Waals surface area contributed by atoms with E-state index in [0.29, 0.717) is 18.0 Å². The summed E-state index contributed by atoms with van der Waals surface area (Å²) >= 11 is 0. The van der Waals surface area contributed by atoms with Gasteiger partial charge in [0.25, 0.3) is 0 Å². The highest BCUT2D eigenvalue weighted by Gasteiger charge is 2.29. The minimum absolute atomic E-state index is 0.108. The van der Waals surface area contributed by atoms with Crippen molar-refractivity contribution in [2.24, 2.45) is 5.92 Å². The molecule has 0 bridgehead atoms. The Morgan fingerprint density at radius 2 is 2.15 bits per heavy atom. The van der Waals surface area contributed by atoms with Crippen molar-refractivity contribution in [2.45, 2.75) is 13.0 Å². The van der Waals surface area contributed by atoms with E-state index in [1.54, 1.807) is 32.4 Å². The van der Waals surface area contributed by atoms with Crippen LogP contribution < -0.4 is 14.8 Å². The highest BCUT2D eigenvalue weighted by molar-refractivity contribution is 5.86. The highest BCUT2D eigenvalue weighted by atomic mass is 16.5. The molecule has 0 saturated carbocycles. The van der Waals surface area contributed by atoms with Crippen LogP contribution >= 0.6 is 0 Å². The highest BCUT2D eigenvalue weighted by Crippen LogP contribution is 2.25. The van der Waals surface area contributed by atoms with Crippen molar-refractivity contribution >= 4 is 11.9 Å². The van der Waals surface area contributed by atoms with Gasteiger partial charge < -0.3 is 19.5 Å². The molecule has 1 heterocycles. The van der Waals surface area contributed by atoms with Crippen molar-refractivity contribution in [2.75, 3.05) is 20.8 Å². The molecule has 1 N–H and O–H groups in total. The Labute approximate surface area is 117 Å². The Morgan fingerprint density at radius 1 is 1.35 bits per heavy atom. The maximum Gasteiger partial charge on any atom is 0.311 e. The molecule has 6 nitrogen and oxygen atoms in total. The molecule has 20 heavy (non-hydrogen) atoms. The zero-order chi connectivity index (χ0) is 14.5. The first-order valence-electron chi connectivity index (χ1n) is 6.28. The molecule has 1 saturated heterocycles. The lowest BCUT2D eigenvalue weighted by atomic mass is 10.1. The lowest BCUT2D eigenvalue weighted by Crippen LogP contribution is -2.20. The molecule has 1 unspecified atom stereocenters. The van der Waals surface area contributed by atoms with E-state index in [0.717, 1.165) is 5.56 Å². The van der Waals surface area contributed by atoms with Gasteiger partial charge >= 0.3 is 5.97 Å². The van der Waals surface area contributed by atoms with Gasteiger partial charge in [-0.2, -0.15) is 0 Å². The maximum atomic E-state index is 11.8. The zero-order valence-corrected chi connectivity index (χ0v) is 11.5. The molecule has 1 aliphatic heterocycles. The predicted molar refractivity (Wildman–Crippen MR) is 70.5 cm³/mol. The van der Waals surface area contributed by atoms with Crippen molar-refractivity contribution in [3.8, 4) is 11.5 Å². The van der Waals surface area contributed by atoms with Crippen molar-refractivity contribution in [1.82, 2.24) is 5.32 Å². The van der Waals surface area contributed by atoms with Gasteiger partial charge in [-0.1, -0.05) is 0 Å². The summed E-state index contributed by atoms with van der Waals surface area (Å²) < 4.78 is 15.5. The molecular weight excluding hydrogens is 262 g/mol. The number of carbonyl (C=O) groups is 2. The average Bonchev–Trinajstić information content (AvgIpc) is 2.91. The Bertz CT molecular complexity index is 514. The molecule has 1 fully saturated rings. The Hall–Kier alpha value is -2.24. The fraction of sp³-hybridized carbons (Fsp3) is 0.429. The van der Waals surface area contributed by atoms with Gasteiger partial charge in [-0.05, 0) is 12.1 Å². The molecule has 1 atom stereocenters. The maximum absolute atomic E-state index is 11.8. The van der Waals surface area contributed by atoms with Gasteiger partial charge in [0.2, 0.25) is 5.91 Å². The van der Waals surface area contributed by atoms with Gasteiger partial charge in [0.15, 0.2) is 0 Å². The van der Waals surface area contributed by atoms with Gasteiger partial charge in [-0.25, -0.2) is 0 Å². The van der Waals surface area contributed by atoms with Crippen LogP contribution in [0.2, 0.25) is 0 Å². The van der Waals surface area contributed by atoms with Crippen LogP contribution in [0, 0.1) is 5.92 Å². The molecule has 1 aliphatic rings. The number of methoxy groups -OCH3 is 2. The van der Waals surface area contributed by atoms with E-state index >= 15 is 0 Å². The summed E-state index contributed by atoms with van der Waals surface area (Å²) in [6.07, 6.45) is 0.193. The minimum Gasteiger partial charge on any atom is -0.497 e. The van der Waals surface area contributed by atoms with Gasteiger partial charge in [0, 0.05) is 24.6 Å². The smallest absolute Gasteiger partial charge is 0.311 e. The predicted octanol–water partition coefficient (Wildman–Crippen LogP) is 0.883. The van der Waals surface area contributed by atoms with Crippen LogP contribution in [0.15, 0.2) is 18.2 Å². The average molecular weight is 279 g/mol. The molecule has 108 valence electrons. The first-order valence-corrected chi connectivity index (χ1v) is 6.28. The van der Waals surface area contributed by atoms with Crippen molar-refractivity contribution in [3.63, 3.8) is 0 Å². The van der Waals surface area contributed by atoms with E-state index in [-0.39, 0.29) is 24.9 Å². The number of benzene rings is 1. The summed E-state index contributed by atoms with van der Waals surface area (Å²) in [6, 6.07) is 5.28. The monoisotopic (exact) mass is 279 g/mol. The van der Waals surface area contributed by atoms with Crippen molar-refractivity contribution in [3.05, 3.63) is 23.8 Å². The molecule has 6 heteroatoms. The Morgan fingerprint density at radius 3 is 2.75 bits per heavy atom. The number of rotatable bonds is 5. The largest absolute Gasteiger partial charge is 0.497 e. The van der Waals surface area contributed by atoms with Gasteiger partial charge in [-0.3, -0.25) is 9.59 Å². The molecule has 0 radical (unpaired) electrons. The van der Waals surface area contributed by atoms with Crippen LogP contribution in [0.5, 0.6) is 11.5 Å². The molecule has 2 rings (SSSR count). The summed E-state index contributed by atoms with van der Waals surface area (Å²) in [6.45, 7) is 0.452. The van der Waals surface area contributed by atoms with E-state index in [2.05, 4.69) is 5.32 Å². The SMILES string of the molecule is COc1ccc(COC(=O)C2CNC(=O)C2)c(OC)c1. The summed E-state index contributed by atoms with van der Waals surface area (Å²) in [5.41, 5.74) is 0.749. The first kappa shape index (κ1) is 14.2. The topological polar surface area (TPSA) is 73.9 Å². The molecular formula is C14H17NO5. The molecule has 1 aromatic rings. The third kappa shape index (κ3) is 3.20. The number of esters is 1. The zero-order valence-electron chi connectivity index (χ0n) is 11.5. The van der Waals surface area contributed by atoms with Crippen LogP contribution in [0.1, 0.15) is 12.0 Å². The lowest BCUT2D eigenvalue weighted by molar-refractivity contribution is -0.149. The van der Waals surface area contributed by atoms with E-state index in [1.165, 1.54) is 0 Å². The minimum atomic E-state index is -0.397. The molecule has 1 amide bonds. The number of ether oxygens (including phenoxy) is 3. The number of nitrogens with one attached hydrogen (secondary N) is 1. The second-order valence-electron chi connectivity index (χ2n) is 4.49. The van der Waals surface area contributed by atoms with Crippen LogP contribution in [0.25, 0.3) is 0 Å². The Kier molecular flexibility index (Phi) is 4.45. The number of amides is 1.